The van der Waals surface area contributed by atoms with Gasteiger partial charge in [0.2, 0.25) is 0 Å². The molecule has 0 spiro atoms. The number of hydrogen-bond acceptors (Lipinski definition) is 4. The average Bonchev–Trinajstić information content (AvgIpc) is 0.722. The fourth-order valence-electron chi connectivity index (χ4n) is 0. The fraction of sp³-hybridized carbons (Fsp3) is 0. The van der Waals surface area contributed by atoms with Crippen LogP contribution in [0.5, 0.6) is 0 Å². The third kappa shape index (κ3) is 118. The molecule has 5 nitrogen and oxygen atoms in total. The van der Waals surface area contributed by atoms with Gasteiger partial charge in [-0.05, 0) is 0 Å². The Balaban J connectivity index is -0.00000000800. The first-order valence-corrected chi connectivity index (χ1v) is 2.68. The molecule has 6 N–H and O–H groups in total. The molecule has 0 aliphatic heterocycles. The maximum absolute atomic E-state index is 7.33. The van der Waals surface area contributed by atoms with Gasteiger partial charge in [-0.3, -0.25) is 0 Å². The van der Waals surface area contributed by atoms with Gasteiger partial charge in [0.25, 0.3) is 0 Å². The molecule has 0 heterocycles. The van der Waals surface area contributed by atoms with Crippen molar-refractivity contribution < 1.29 is 41.7 Å². The van der Waals surface area contributed by atoms with Crippen molar-refractivity contribution >= 4 is 87.2 Å². The predicted molar refractivity (Wildman–Crippen MR) is 45.3 cm³/mol. The first-order valence-electron chi connectivity index (χ1n) is 0.894. The molecule has 0 radical (unpaired) electrons. The second-order valence-corrected chi connectivity index (χ2v) is 1.80. The number of rotatable bonds is 0. The van der Waals surface area contributed by atoms with Gasteiger partial charge < -0.3 is 24.7 Å². The van der Waals surface area contributed by atoms with Crippen molar-refractivity contribution in [1.82, 2.24) is 0 Å². The Morgan fingerprint density at radius 1 is 0.900 bits per heavy atom. The maximum atomic E-state index is 7.33. The van der Waals surface area contributed by atoms with Crippen LogP contribution in [-0.4, -0.2) is 112 Å². The maximum Gasteiger partial charge on any atom is 0.316 e. The van der Waals surface area contributed by atoms with Crippen LogP contribution >= 0.6 is 0 Å². The molecule has 0 aromatic rings. The van der Waals surface area contributed by atoms with Crippen LogP contribution in [-0.2, 0) is 17.1 Å². The fourth-order valence-corrected chi connectivity index (χ4v) is 0. The topological polar surface area (TPSA) is 112 Å². The van der Waals surface area contributed by atoms with Crippen LogP contribution in [0.25, 0.3) is 0 Å². The first kappa shape index (κ1) is 38.1. The number of hydrogen-bond donors (Lipinski definition) is 4. The third-order valence-corrected chi connectivity index (χ3v) is 0. The zero-order chi connectivity index (χ0) is 4.50. The SMILES string of the molecule is O.O[Si](O)(O)O.[AlH3].[CaH2].[Fe].[MgH2]. The molecule has 62 valence electrons. The van der Waals surface area contributed by atoms with Crippen molar-refractivity contribution in [2.24, 2.45) is 0 Å². The molecule has 0 fully saturated rings. The Morgan fingerprint density at radius 2 is 0.900 bits per heavy atom. The normalized spacial score (nSPS) is 6.00. The second kappa shape index (κ2) is 18.0. The van der Waals surface area contributed by atoms with Gasteiger partial charge in [-0.2, -0.15) is 0 Å². The molecule has 0 amide bonds. The molecule has 0 bridgehead atoms. The molecule has 0 atom stereocenters. The Labute approximate surface area is 127 Å². The van der Waals surface area contributed by atoms with Crippen LogP contribution in [0.1, 0.15) is 0 Å². The van der Waals surface area contributed by atoms with E-state index < -0.39 is 9.05 Å². The van der Waals surface area contributed by atoms with E-state index in [1.807, 2.05) is 0 Å². The molecule has 0 aliphatic rings. The van der Waals surface area contributed by atoms with Gasteiger partial charge in [-0.25, -0.2) is 0 Å². The van der Waals surface area contributed by atoms with Crippen molar-refractivity contribution in [2.75, 3.05) is 0 Å². The quantitative estimate of drug-likeness (QED) is 0.327. The van der Waals surface area contributed by atoms with E-state index in [-0.39, 0.29) is 101 Å². The van der Waals surface area contributed by atoms with E-state index in [2.05, 4.69) is 0 Å². The molecule has 0 unspecified atom stereocenters. The summed E-state index contributed by atoms with van der Waals surface area (Å²) < 4.78 is 0. The zero-order valence-corrected chi connectivity index (χ0v) is 5.25. The van der Waals surface area contributed by atoms with Crippen LogP contribution in [0, 0.1) is 0 Å². The zero-order valence-electron chi connectivity index (χ0n) is 3.14. The van der Waals surface area contributed by atoms with Gasteiger partial charge in [-0.15, -0.1) is 0 Å². The molecule has 0 aromatic heterocycles. The monoisotopic (exact) mass is 268 g/mol. The van der Waals surface area contributed by atoms with E-state index >= 15 is 0 Å². The van der Waals surface area contributed by atoms with Crippen molar-refractivity contribution in [3.63, 3.8) is 0 Å². The first-order chi connectivity index (χ1) is 2.00. The Bertz CT molecular complexity index is 37.1. The summed E-state index contributed by atoms with van der Waals surface area (Å²) in [5.74, 6) is 0. The summed E-state index contributed by atoms with van der Waals surface area (Å²) >= 11 is 0. The Morgan fingerprint density at radius 3 is 0.900 bits per heavy atom. The van der Waals surface area contributed by atoms with Crippen molar-refractivity contribution in [3.05, 3.63) is 0 Å². The Hall–Kier alpha value is 3.09. The Kier molecular flexibility index (Phi) is 68.5. The van der Waals surface area contributed by atoms with Crippen LogP contribution in [0.3, 0.4) is 0 Å². The van der Waals surface area contributed by atoms with Gasteiger partial charge in [0, 0.05) is 17.1 Å². The van der Waals surface area contributed by atoms with Gasteiger partial charge >= 0.3 is 69.8 Å². The van der Waals surface area contributed by atoms with E-state index in [9.17, 15) is 0 Å². The summed E-state index contributed by atoms with van der Waals surface area (Å²) in [4.78, 5) is 29.3. The van der Waals surface area contributed by atoms with E-state index in [1.54, 1.807) is 0 Å². The molecule has 0 saturated heterocycles. The minimum Gasteiger partial charge on any atom is 0 e. The summed E-state index contributed by atoms with van der Waals surface area (Å²) in [6.45, 7) is 0. The van der Waals surface area contributed by atoms with Crippen LogP contribution in [0.15, 0.2) is 0 Å². The molecule has 0 saturated carbocycles. The van der Waals surface area contributed by atoms with E-state index in [4.69, 9.17) is 19.2 Å². The van der Waals surface area contributed by atoms with E-state index in [0.29, 0.717) is 0 Å². The average molecular weight is 268 g/mol. The minimum atomic E-state index is -4.61. The van der Waals surface area contributed by atoms with Crippen molar-refractivity contribution in [1.29, 1.82) is 0 Å². The van der Waals surface area contributed by atoms with E-state index in [1.165, 1.54) is 0 Å². The minimum absolute atomic E-state index is 0. The van der Waals surface area contributed by atoms with Crippen LogP contribution in [0.4, 0.5) is 0 Å². The summed E-state index contributed by atoms with van der Waals surface area (Å²) in [5.41, 5.74) is 0. The molecular formula is H13AlCaFeMgO5Si. The third-order valence-electron chi connectivity index (χ3n) is 0. The molecule has 10 heteroatoms. The molecule has 10 heavy (non-hydrogen) atoms. The van der Waals surface area contributed by atoms with Crippen molar-refractivity contribution in [3.8, 4) is 0 Å². The largest absolute Gasteiger partial charge is 0.316 e. The van der Waals surface area contributed by atoms with E-state index in [0.717, 1.165) is 0 Å². The molecule has 0 aliphatic carbocycles. The summed E-state index contributed by atoms with van der Waals surface area (Å²) in [6.07, 6.45) is 0. The molecule has 0 aromatic carbocycles. The van der Waals surface area contributed by atoms with Gasteiger partial charge in [0.05, 0.1) is 0 Å². The second-order valence-electron chi connectivity index (χ2n) is 0.600. The molecule has 0 rings (SSSR count). The summed E-state index contributed by atoms with van der Waals surface area (Å²) in [6, 6.07) is 0. The van der Waals surface area contributed by atoms with Gasteiger partial charge in [0.1, 0.15) is 0 Å². The molecular weight excluding hydrogens is 255 g/mol. The summed E-state index contributed by atoms with van der Waals surface area (Å²) in [5, 5.41) is 0. The van der Waals surface area contributed by atoms with Gasteiger partial charge in [0.15, 0.2) is 17.4 Å². The smallest absolute Gasteiger partial charge is 0 e. The predicted octanol–water partition coefficient (Wildman–Crippen LogP) is -6.45. The van der Waals surface area contributed by atoms with Crippen molar-refractivity contribution in [2.45, 2.75) is 0 Å². The summed E-state index contributed by atoms with van der Waals surface area (Å²) in [7, 11) is -4.61. The van der Waals surface area contributed by atoms with Crippen LogP contribution < -0.4 is 0 Å². The standard InChI is InChI=1S/Al.Ca.Fe.Mg.H4O4Si.H2O.7H/c;;;;1-5(2,3)4;;;;;;;;/h;;;;1-4H;1H2;;;;;;;. The van der Waals surface area contributed by atoms with Gasteiger partial charge in [-0.1, -0.05) is 0 Å². The van der Waals surface area contributed by atoms with Crippen LogP contribution in [0.2, 0.25) is 0 Å².